The zero-order valence-electron chi connectivity index (χ0n) is 11.4. The van der Waals surface area contributed by atoms with Crippen molar-refractivity contribution in [1.29, 1.82) is 0 Å². The predicted molar refractivity (Wildman–Crippen MR) is 70.3 cm³/mol. The zero-order valence-corrected chi connectivity index (χ0v) is 11.4. The monoisotopic (exact) mass is 265 g/mol. The second-order valence-electron chi connectivity index (χ2n) is 5.11. The van der Waals surface area contributed by atoms with Crippen LogP contribution in [0.3, 0.4) is 0 Å². The van der Waals surface area contributed by atoms with Crippen LogP contribution in [0.15, 0.2) is 12.1 Å². The Morgan fingerprint density at radius 1 is 1.42 bits per heavy atom. The van der Waals surface area contributed by atoms with Crippen molar-refractivity contribution in [3.05, 3.63) is 28.8 Å². The molecule has 5 nitrogen and oxygen atoms in total. The number of rotatable bonds is 4. The van der Waals surface area contributed by atoms with Crippen molar-refractivity contribution in [3.8, 4) is 5.75 Å². The van der Waals surface area contributed by atoms with E-state index in [1.807, 2.05) is 26.0 Å². The summed E-state index contributed by atoms with van der Waals surface area (Å²) in [4.78, 5) is 11.5. The average molecular weight is 265 g/mol. The van der Waals surface area contributed by atoms with Gasteiger partial charge in [-0.15, -0.1) is 0 Å². The number of hydrogen-bond acceptors (Lipinski definition) is 4. The lowest BCUT2D eigenvalue weighted by Crippen LogP contribution is -2.55. The fraction of sp³-hybridized carbons (Fsp3) is 0.500. The standard InChI is InChI=1S/C14H19NO4/c1-8-4-10(11(18-3)5-9(8)2)12(15)14(13(16)17)6-19-7-14/h4-5,12H,6-7,15H2,1-3H3,(H,16,17). The topological polar surface area (TPSA) is 81.8 Å². The maximum Gasteiger partial charge on any atom is 0.316 e. The highest BCUT2D eigenvalue weighted by Crippen LogP contribution is 2.42. The summed E-state index contributed by atoms with van der Waals surface area (Å²) in [6.07, 6.45) is 0. The summed E-state index contributed by atoms with van der Waals surface area (Å²) >= 11 is 0. The van der Waals surface area contributed by atoms with Gasteiger partial charge in [-0.2, -0.15) is 0 Å². The van der Waals surface area contributed by atoms with Crippen LogP contribution in [-0.2, 0) is 9.53 Å². The van der Waals surface area contributed by atoms with Gasteiger partial charge in [-0.3, -0.25) is 4.79 Å². The van der Waals surface area contributed by atoms with Gasteiger partial charge in [-0.05, 0) is 31.0 Å². The zero-order chi connectivity index (χ0) is 14.2. The third kappa shape index (κ3) is 2.09. The third-order valence-electron chi connectivity index (χ3n) is 3.92. The molecule has 0 aromatic heterocycles. The number of nitrogens with two attached hydrogens (primary N) is 1. The highest BCUT2D eigenvalue weighted by atomic mass is 16.5. The Hall–Kier alpha value is -1.59. The Morgan fingerprint density at radius 3 is 2.42 bits per heavy atom. The van der Waals surface area contributed by atoms with Crippen LogP contribution in [0.1, 0.15) is 22.7 Å². The minimum absolute atomic E-state index is 0.138. The minimum Gasteiger partial charge on any atom is -0.496 e. The van der Waals surface area contributed by atoms with Crippen LogP contribution in [-0.4, -0.2) is 31.4 Å². The van der Waals surface area contributed by atoms with E-state index in [1.54, 1.807) is 7.11 Å². The van der Waals surface area contributed by atoms with Gasteiger partial charge < -0.3 is 20.3 Å². The van der Waals surface area contributed by atoms with Crippen LogP contribution in [0.4, 0.5) is 0 Å². The number of aryl methyl sites for hydroxylation is 2. The first-order valence-electron chi connectivity index (χ1n) is 6.14. The largest absolute Gasteiger partial charge is 0.496 e. The molecule has 19 heavy (non-hydrogen) atoms. The third-order valence-corrected chi connectivity index (χ3v) is 3.92. The van der Waals surface area contributed by atoms with Gasteiger partial charge in [0.1, 0.15) is 11.2 Å². The molecule has 1 aromatic rings. The Balaban J connectivity index is 2.46. The normalized spacial score (nSPS) is 18.5. The second-order valence-corrected chi connectivity index (χ2v) is 5.11. The van der Waals surface area contributed by atoms with Crippen molar-refractivity contribution in [2.24, 2.45) is 11.1 Å². The average Bonchev–Trinajstić information content (AvgIpc) is 2.29. The van der Waals surface area contributed by atoms with Crippen LogP contribution in [0.2, 0.25) is 0 Å². The Kier molecular flexibility index (Phi) is 3.52. The fourth-order valence-electron chi connectivity index (χ4n) is 2.29. The minimum atomic E-state index is -1.05. The molecule has 1 atom stereocenters. The van der Waals surface area contributed by atoms with Gasteiger partial charge in [0.05, 0.1) is 26.4 Å². The Morgan fingerprint density at radius 2 is 2.00 bits per heavy atom. The maximum absolute atomic E-state index is 11.5. The van der Waals surface area contributed by atoms with E-state index in [0.29, 0.717) is 5.75 Å². The van der Waals surface area contributed by atoms with E-state index in [4.69, 9.17) is 15.2 Å². The van der Waals surface area contributed by atoms with Crippen LogP contribution in [0.25, 0.3) is 0 Å². The lowest BCUT2D eigenvalue weighted by Gasteiger charge is -2.42. The van der Waals surface area contributed by atoms with Crippen molar-refractivity contribution < 1.29 is 19.4 Å². The highest BCUT2D eigenvalue weighted by molar-refractivity contribution is 5.77. The first-order chi connectivity index (χ1) is 8.92. The predicted octanol–water partition coefficient (Wildman–Crippen LogP) is 1.41. The summed E-state index contributed by atoms with van der Waals surface area (Å²) in [6, 6.07) is 3.15. The molecule has 1 unspecified atom stereocenters. The number of carboxylic acid groups (broad SMARTS) is 1. The molecule has 0 radical (unpaired) electrons. The van der Waals surface area contributed by atoms with Gasteiger partial charge in [0, 0.05) is 5.56 Å². The molecule has 1 saturated heterocycles. The van der Waals surface area contributed by atoms with E-state index < -0.39 is 17.4 Å². The summed E-state index contributed by atoms with van der Waals surface area (Å²) in [5.74, 6) is -0.297. The van der Waals surface area contributed by atoms with E-state index in [0.717, 1.165) is 16.7 Å². The van der Waals surface area contributed by atoms with E-state index in [1.165, 1.54) is 0 Å². The number of benzene rings is 1. The molecule has 0 aliphatic carbocycles. The molecule has 3 N–H and O–H groups in total. The van der Waals surface area contributed by atoms with Crippen LogP contribution >= 0.6 is 0 Å². The van der Waals surface area contributed by atoms with Gasteiger partial charge in [0.25, 0.3) is 0 Å². The molecule has 104 valence electrons. The molecule has 0 spiro atoms. The molecule has 1 aliphatic heterocycles. The second kappa shape index (κ2) is 4.83. The molecule has 0 bridgehead atoms. The van der Waals surface area contributed by atoms with Crippen LogP contribution < -0.4 is 10.5 Å². The molecular weight excluding hydrogens is 246 g/mol. The van der Waals surface area contributed by atoms with E-state index in [2.05, 4.69) is 0 Å². The fourth-order valence-corrected chi connectivity index (χ4v) is 2.29. The summed E-state index contributed by atoms with van der Waals surface area (Å²) in [5.41, 5.74) is 8.01. The summed E-state index contributed by atoms with van der Waals surface area (Å²) in [7, 11) is 1.56. The molecule has 1 heterocycles. The number of carboxylic acids is 1. The smallest absolute Gasteiger partial charge is 0.316 e. The molecule has 1 fully saturated rings. The number of aliphatic carboxylic acids is 1. The van der Waals surface area contributed by atoms with Crippen LogP contribution in [0.5, 0.6) is 5.75 Å². The number of hydrogen-bond donors (Lipinski definition) is 2. The molecule has 5 heteroatoms. The van der Waals surface area contributed by atoms with E-state index in [-0.39, 0.29) is 13.2 Å². The van der Waals surface area contributed by atoms with Crippen molar-refractivity contribution in [3.63, 3.8) is 0 Å². The lowest BCUT2D eigenvalue weighted by atomic mass is 9.75. The number of methoxy groups -OCH3 is 1. The molecule has 1 aromatic carbocycles. The van der Waals surface area contributed by atoms with Gasteiger partial charge in [0.15, 0.2) is 0 Å². The van der Waals surface area contributed by atoms with Crippen molar-refractivity contribution >= 4 is 5.97 Å². The first kappa shape index (κ1) is 13.8. The Bertz CT molecular complexity index is 508. The van der Waals surface area contributed by atoms with E-state index >= 15 is 0 Å². The molecule has 2 rings (SSSR count). The molecule has 1 aliphatic rings. The molecular formula is C14H19NO4. The van der Waals surface area contributed by atoms with Crippen LogP contribution in [0, 0.1) is 19.3 Å². The van der Waals surface area contributed by atoms with Gasteiger partial charge in [-0.1, -0.05) is 6.07 Å². The Labute approximate surface area is 112 Å². The quantitative estimate of drug-likeness (QED) is 0.860. The van der Waals surface area contributed by atoms with Gasteiger partial charge >= 0.3 is 5.97 Å². The lowest BCUT2D eigenvalue weighted by molar-refractivity contribution is -0.184. The molecule has 0 saturated carbocycles. The summed E-state index contributed by atoms with van der Waals surface area (Å²) in [6.45, 7) is 4.22. The summed E-state index contributed by atoms with van der Waals surface area (Å²) < 4.78 is 10.4. The van der Waals surface area contributed by atoms with Crippen molar-refractivity contribution in [2.45, 2.75) is 19.9 Å². The molecule has 0 amide bonds. The van der Waals surface area contributed by atoms with Crippen molar-refractivity contribution in [2.75, 3.05) is 20.3 Å². The first-order valence-corrected chi connectivity index (χ1v) is 6.14. The van der Waals surface area contributed by atoms with Gasteiger partial charge in [-0.25, -0.2) is 0 Å². The number of carbonyl (C=O) groups is 1. The number of ether oxygens (including phenoxy) is 2. The van der Waals surface area contributed by atoms with E-state index in [9.17, 15) is 9.90 Å². The SMILES string of the molecule is COc1cc(C)c(C)cc1C(N)C1(C(=O)O)COC1. The summed E-state index contributed by atoms with van der Waals surface area (Å²) in [5, 5.41) is 9.40. The van der Waals surface area contributed by atoms with Crippen molar-refractivity contribution in [1.82, 2.24) is 0 Å². The maximum atomic E-state index is 11.5. The highest BCUT2D eigenvalue weighted by Gasteiger charge is 2.52. The van der Waals surface area contributed by atoms with Gasteiger partial charge in [0.2, 0.25) is 0 Å².